The topological polar surface area (TPSA) is 45.5 Å². The van der Waals surface area contributed by atoms with Crippen molar-refractivity contribution >= 4 is 12.0 Å². The standard InChI is InChI=1S/C13H20N2O2/c1-5-16-13-11(4)7-10(3)8-12(13)15(9-14)17-6-2/h7-9,14H,5-6H2,1-4H3. The van der Waals surface area contributed by atoms with Crippen LogP contribution in [0.1, 0.15) is 25.0 Å². The van der Waals surface area contributed by atoms with Gasteiger partial charge in [-0.25, -0.2) is 5.06 Å². The highest BCUT2D eigenvalue weighted by Crippen LogP contribution is 2.33. The van der Waals surface area contributed by atoms with Crippen molar-refractivity contribution in [3.63, 3.8) is 0 Å². The predicted octanol–water partition coefficient (Wildman–Crippen LogP) is 3.07. The van der Waals surface area contributed by atoms with Gasteiger partial charge >= 0.3 is 0 Å². The van der Waals surface area contributed by atoms with Crippen LogP contribution in [0.25, 0.3) is 0 Å². The van der Waals surface area contributed by atoms with Crippen LogP contribution in [0, 0.1) is 19.3 Å². The van der Waals surface area contributed by atoms with E-state index in [1.807, 2.05) is 33.8 Å². The summed E-state index contributed by atoms with van der Waals surface area (Å²) in [5, 5.41) is 8.83. The van der Waals surface area contributed by atoms with Gasteiger partial charge in [-0.3, -0.25) is 10.2 Å². The Kier molecular flexibility index (Phi) is 4.97. The zero-order chi connectivity index (χ0) is 12.8. The molecule has 1 N–H and O–H groups in total. The van der Waals surface area contributed by atoms with Crippen LogP contribution >= 0.6 is 0 Å². The number of nitrogens with zero attached hydrogens (tertiary/aromatic N) is 1. The summed E-state index contributed by atoms with van der Waals surface area (Å²) in [5.74, 6) is 0.773. The molecule has 0 bridgehead atoms. The summed E-state index contributed by atoms with van der Waals surface area (Å²) in [6.45, 7) is 8.94. The van der Waals surface area contributed by atoms with Crippen LogP contribution in [0.15, 0.2) is 12.1 Å². The second kappa shape index (κ2) is 6.25. The molecule has 0 saturated heterocycles. The lowest BCUT2D eigenvalue weighted by atomic mass is 10.1. The molecule has 0 radical (unpaired) electrons. The Morgan fingerprint density at radius 3 is 2.47 bits per heavy atom. The molecule has 0 aliphatic heterocycles. The number of nitrogens with one attached hydrogen (secondary N) is 1. The zero-order valence-corrected chi connectivity index (χ0v) is 10.9. The molecule has 0 aliphatic carbocycles. The second-order valence-electron chi connectivity index (χ2n) is 3.74. The highest BCUT2D eigenvalue weighted by molar-refractivity contribution is 5.79. The Hall–Kier alpha value is -1.55. The van der Waals surface area contributed by atoms with Gasteiger partial charge in [0.15, 0.2) is 0 Å². The first kappa shape index (κ1) is 13.5. The molecule has 0 amide bonds. The third kappa shape index (κ3) is 3.20. The van der Waals surface area contributed by atoms with Gasteiger partial charge in [0.25, 0.3) is 0 Å². The highest BCUT2D eigenvalue weighted by Gasteiger charge is 2.14. The lowest BCUT2D eigenvalue weighted by Crippen LogP contribution is -2.22. The van der Waals surface area contributed by atoms with Crippen LogP contribution in [-0.4, -0.2) is 19.6 Å². The van der Waals surface area contributed by atoms with E-state index in [4.69, 9.17) is 15.0 Å². The Bertz CT molecular complexity index is 391. The van der Waals surface area contributed by atoms with E-state index in [1.165, 1.54) is 5.06 Å². The van der Waals surface area contributed by atoms with Crippen LogP contribution in [-0.2, 0) is 4.84 Å². The van der Waals surface area contributed by atoms with Gasteiger partial charge in [0, 0.05) is 0 Å². The molecule has 0 heterocycles. The summed E-state index contributed by atoms with van der Waals surface area (Å²) in [6.07, 6.45) is 1.15. The van der Waals surface area contributed by atoms with Crippen molar-refractivity contribution < 1.29 is 9.57 Å². The average Bonchev–Trinajstić information content (AvgIpc) is 2.29. The van der Waals surface area contributed by atoms with Crippen LogP contribution in [0.2, 0.25) is 0 Å². The van der Waals surface area contributed by atoms with Gasteiger partial charge in [-0.05, 0) is 44.9 Å². The number of anilines is 1. The molecule has 0 aliphatic rings. The number of hydrogen-bond acceptors (Lipinski definition) is 3. The molecule has 4 nitrogen and oxygen atoms in total. The van der Waals surface area contributed by atoms with Crippen molar-refractivity contribution in [1.29, 1.82) is 5.41 Å². The summed E-state index contributed by atoms with van der Waals surface area (Å²) < 4.78 is 5.63. The number of benzene rings is 1. The first-order valence-electron chi connectivity index (χ1n) is 5.80. The number of hydroxylamine groups is 1. The highest BCUT2D eigenvalue weighted by atomic mass is 16.7. The first-order valence-corrected chi connectivity index (χ1v) is 5.80. The molecule has 1 rings (SSSR count). The summed E-state index contributed by atoms with van der Waals surface area (Å²) in [7, 11) is 0. The van der Waals surface area contributed by atoms with Crippen molar-refractivity contribution in [2.45, 2.75) is 27.7 Å². The van der Waals surface area contributed by atoms with Gasteiger partial charge in [0.05, 0.1) is 13.2 Å². The summed E-state index contributed by atoms with van der Waals surface area (Å²) >= 11 is 0. The molecule has 94 valence electrons. The molecule has 1 aromatic rings. The van der Waals surface area contributed by atoms with Crippen molar-refractivity contribution in [3.05, 3.63) is 23.3 Å². The molecule has 0 saturated carbocycles. The molecular weight excluding hydrogens is 216 g/mol. The summed E-state index contributed by atoms with van der Waals surface area (Å²) in [5.41, 5.74) is 2.95. The smallest absolute Gasteiger partial charge is 0.148 e. The first-order chi connectivity index (χ1) is 8.13. The van der Waals surface area contributed by atoms with Crippen LogP contribution < -0.4 is 9.80 Å². The van der Waals surface area contributed by atoms with Gasteiger partial charge in [-0.1, -0.05) is 6.07 Å². The molecule has 1 aromatic carbocycles. The van der Waals surface area contributed by atoms with Crippen molar-refractivity contribution in [2.75, 3.05) is 18.3 Å². The summed E-state index contributed by atoms with van der Waals surface area (Å²) in [6, 6.07) is 4.02. The number of hydrogen-bond donors (Lipinski definition) is 1. The van der Waals surface area contributed by atoms with Gasteiger partial charge < -0.3 is 4.74 Å². The van der Waals surface area contributed by atoms with Crippen molar-refractivity contribution in [1.82, 2.24) is 0 Å². The minimum Gasteiger partial charge on any atom is -0.491 e. The van der Waals surface area contributed by atoms with E-state index in [9.17, 15) is 0 Å². The van der Waals surface area contributed by atoms with Gasteiger partial charge in [-0.2, -0.15) is 0 Å². The van der Waals surface area contributed by atoms with E-state index in [2.05, 4.69) is 6.07 Å². The molecule has 17 heavy (non-hydrogen) atoms. The lowest BCUT2D eigenvalue weighted by Gasteiger charge is -2.22. The third-order valence-electron chi connectivity index (χ3n) is 2.31. The Morgan fingerprint density at radius 1 is 1.24 bits per heavy atom. The van der Waals surface area contributed by atoms with Crippen LogP contribution in [0.3, 0.4) is 0 Å². The maximum Gasteiger partial charge on any atom is 0.148 e. The SMILES string of the molecule is CCOc1c(C)cc(C)cc1N(C=N)OCC. The zero-order valence-electron chi connectivity index (χ0n) is 10.9. The Balaban J connectivity index is 3.22. The van der Waals surface area contributed by atoms with E-state index in [0.29, 0.717) is 13.2 Å². The van der Waals surface area contributed by atoms with Crippen molar-refractivity contribution in [2.24, 2.45) is 0 Å². The molecule has 0 fully saturated rings. The number of aryl methyl sites for hydroxylation is 2. The van der Waals surface area contributed by atoms with E-state index < -0.39 is 0 Å². The van der Waals surface area contributed by atoms with E-state index in [0.717, 1.165) is 28.9 Å². The molecule has 4 heteroatoms. The van der Waals surface area contributed by atoms with Crippen molar-refractivity contribution in [3.8, 4) is 5.75 Å². The van der Waals surface area contributed by atoms with Gasteiger partial charge in [0.2, 0.25) is 0 Å². The molecule has 0 unspecified atom stereocenters. The quantitative estimate of drug-likeness (QED) is 0.469. The van der Waals surface area contributed by atoms with E-state index in [-0.39, 0.29) is 0 Å². The normalized spacial score (nSPS) is 10.1. The molecular formula is C13H20N2O2. The minimum atomic E-state index is 0.508. The summed E-state index contributed by atoms with van der Waals surface area (Å²) in [4.78, 5) is 5.38. The van der Waals surface area contributed by atoms with E-state index >= 15 is 0 Å². The predicted molar refractivity (Wildman–Crippen MR) is 70.0 cm³/mol. The van der Waals surface area contributed by atoms with Gasteiger partial charge in [-0.15, -0.1) is 0 Å². The maximum atomic E-state index is 7.39. The average molecular weight is 236 g/mol. The fourth-order valence-electron chi connectivity index (χ4n) is 1.74. The molecule has 0 aromatic heterocycles. The number of rotatable bonds is 6. The maximum absolute atomic E-state index is 7.39. The van der Waals surface area contributed by atoms with Crippen LogP contribution in [0.5, 0.6) is 5.75 Å². The Labute approximate surface area is 103 Å². The monoisotopic (exact) mass is 236 g/mol. The Morgan fingerprint density at radius 2 is 1.94 bits per heavy atom. The van der Waals surface area contributed by atoms with Gasteiger partial charge in [0.1, 0.15) is 17.8 Å². The fraction of sp³-hybridized carbons (Fsp3) is 0.462. The fourth-order valence-corrected chi connectivity index (χ4v) is 1.74. The molecule has 0 spiro atoms. The number of ether oxygens (including phenoxy) is 1. The molecule has 0 atom stereocenters. The lowest BCUT2D eigenvalue weighted by molar-refractivity contribution is 0.157. The van der Waals surface area contributed by atoms with E-state index in [1.54, 1.807) is 0 Å². The third-order valence-corrected chi connectivity index (χ3v) is 2.31. The minimum absolute atomic E-state index is 0.508. The second-order valence-corrected chi connectivity index (χ2v) is 3.74. The van der Waals surface area contributed by atoms with Crippen LogP contribution in [0.4, 0.5) is 5.69 Å². The largest absolute Gasteiger partial charge is 0.491 e.